The smallest absolute Gasteiger partial charge is 0.146 e. The predicted octanol–water partition coefficient (Wildman–Crippen LogP) is 3.26. The van der Waals surface area contributed by atoms with Crippen molar-refractivity contribution >= 4 is 15.9 Å². The van der Waals surface area contributed by atoms with Crippen molar-refractivity contribution in [3.63, 3.8) is 0 Å². The molecule has 2 aromatic rings. The Morgan fingerprint density at radius 3 is 2.95 bits per heavy atom. The monoisotopic (exact) mass is 323 g/mol. The van der Waals surface area contributed by atoms with Crippen molar-refractivity contribution in [3.05, 3.63) is 46.5 Å². The molecule has 0 saturated heterocycles. The van der Waals surface area contributed by atoms with E-state index in [0.29, 0.717) is 6.61 Å². The van der Waals surface area contributed by atoms with E-state index in [1.54, 1.807) is 6.20 Å². The van der Waals surface area contributed by atoms with Crippen LogP contribution in [0, 0.1) is 0 Å². The van der Waals surface area contributed by atoms with Gasteiger partial charge >= 0.3 is 0 Å². The number of aromatic nitrogens is 2. The molecule has 0 amide bonds. The van der Waals surface area contributed by atoms with E-state index in [9.17, 15) is 0 Å². The lowest BCUT2D eigenvalue weighted by Crippen LogP contribution is -2.10. The molecule has 1 heterocycles. The minimum absolute atomic E-state index is 0.0709. The van der Waals surface area contributed by atoms with Crippen molar-refractivity contribution in [1.29, 1.82) is 0 Å². The van der Waals surface area contributed by atoms with Crippen LogP contribution in [-0.2, 0) is 13.2 Å². The molecule has 0 aliphatic heterocycles. The average molecular weight is 324 g/mol. The van der Waals surface area contributed by atoms with Crippen molar-refractivity contribution in [2.75, 3.05) is 0 Å². The number of hydrogen-bond donors (Lipinski definition) is 1. The highest BCUT2D eigenvalue weighted by Gasteiger charge is 2.10. The quantitative estimate of drug-likeness (QED) is 0.918. The molecule has 5 heteroatoms. The fraction of sp³-hybridized carbons (Fsp3) is 0.357. The highest BCUT2D eigenvalue weighted by molar-refractivity contribution is 9.10. The topological polar surface area (TPSA) is 53.1 Å². The minimum atomic E-state index is -0.0709. The average Bonchev–Trinajstić information content (AvgIpc) is 2.84. The molecule has 0 aliphatic rings. The van der Waals surface area contributed by atoms with Crippen molar-refractivity contribution < 1.29 is 4.74 Å². The molecule has 1 aromatic heterocycles. The van der Waals surface area contributed by atoms with Crippen molar-refractivity contribution in [2.45, 2.75) is 33.0 Å². The summed E-state index contributed by atoms with van der Waals surface area (Å²) in [6, 6.07) is 5.81. The molecule has 1 atom stereocenters. The molecule has 0 unspecified atom stereocenters. The van der Waals surface area contributed by atoms with Gasteiger partial charge in [-0.3, -0.25) is 0 Å². The second-order valence-corrected chi connectivity index (χ2v) is 5.30. The van der Waals surface area contributed by atoms with E-state index in [-0.39, 0.29) is 6.04 Å². The fourth-order valence-corrected chi connectivity index (χ4v) is 2.30. The second kappa shape index (κ2) is 6.21. The number of nitrogens with zero attached hydrogens (tertiary/aromatic N) is 2. The third-order valence-corrected chi connectivity index (χ3v) is 3.45. The molecule has 2 N–H and O–H groups in total. The van der Waals surface area contributed by atoms with Gasteiger partial charge in [-0.2, -0.15) is 0 Å². The van der Waals surface area contributed by atoms with E-state index in [1.807, 2.05) is 31.3 Å². The SMILES string of the molecule is CCn1ccnc1COc1ccc(Br)cc1[C@H](C)N. The molecule has 19 heavy (non-hydrogen) atoms. The number of hydrogen-bond acceptors (Lipinski definition) is 3. The maximum absolute atomic E-state index is 5.97. The van der Waals surface area contributed by atoms with Crippen molar-refractivity contribution in [1.82, 2.24) is 9.55 Å². The van der Waals surface area contributed by atoms with Gasteiger partial charge in [-0.05, 0) is 32.0 Å². The number of nitrogens with two attached hydrogens (primary N) is 1. The molecule has 0 radical (unpaired) electrons. The van der Waals surface area contributed by atoms with E-state index in [4.69, 9.17) is 10.5 Å². The van der Waals surface area contributed by atoms with Crippen LogP contribution in [0.4, 0.5) is 0 Å². The Bertz CT molecular complexity index is 551. The molecule has 0 saturated carbocycles. The summed E-state index contributed by atoms with van der Waals surface area (Å²) in [5, 5.41) is 0. The van der Waals surface area contributed by atoms with Gasteiger partial charge in [0.05, 0.1) is 0 Å². The molecule has 1 aromatic carbocycles. The first-order valence-electron chi connectivity index (χ1n) is 6.29. The zero-order chi connectivity index (χ0) is 13.8. The Labute approximate surface area is 121 Å². The molecule has 0 spiro atoms. The van der Waals surface area contributed by atoms with E-state index < -0.39 is 0 Å². The van der Waals surface area contributed by atoms with Crippen LogP contribution >= 0.6 is 15.9 Å². The molecule has 2 rings (SSSR count). The summed E-state index contributed by atoms with van der Waals surface area (Å²) in [5.41, 5.74) is 6.96. The summed E-state index contributed by atoms with van der Waals surface area (Å²) >= 11 is 3.45. The van der Waals surface area contributed by atoms with E-state index in [0.717, 1.165) is 28.2 Å². The summed E-state index contributed by atoms with van der Waals surface area (Å²) < 4.78 is 8.92. The standard InChI is InChI=1S/C14H18BrN3O/c1-3-18-7-6-17-14(18)9-19-13-5-4-11(15)8-12(13)10(2)16/h4-8,10H,3,9,16H2,1-2H3/t10-/m0/s1. The third-order valence-electron chi connectivity index (χ3n) is 2.96. The van der Waals surface area contributed by atoms with Crippen LogP contribution in [-0.4, -0.2) is 9.55 Å². The van der Waals surface area contributed by atoms with E-state index >= 15 is 0 Å². The number of aryl methyl sites for hydroxylation is 1. The summed E-state index contributed by atoms with van der Waals surface area (Å²) in [5.74, 6) is 1.73. The number of imidazole rings is 1. The summed E-state index contributed by atoms with van der Waals surface area (Å²) in [6.45, 7) is 5.36. The molecular weight excluding hydrogens is 306 g/mol. The lowest BCUT2D eigenvalue weighted by molar-refractivity contribution is 0.285. The highest BCUT2D eigenvalue weighted by Crippen LogP contribution is 2.28. The Morgan fingerprint density at radius 2 is 2.26 bits per heavy atom. The Balaban J connectivity index is 2.15. The van der Waals surface area contributed by atoms with Crippen LogP contribution in [0.2, 0.25) is 0 Å². The van der Waals surface area contributed by atoms with Gasteiger partial charge in [0.1, 0.15) is 18.2 Å². The van der Waals surface area contributed by atoms with Crippen LogP contribution in [0.25, 0.3) is 0 Å². The maximum atomic E-state index is 5.97. The third kappa shape index (κ3) is 3.36. The largest absolute Gasteiger partial charge is 0.485 e. The highest BCUT2D eigenvalue weighted by atomic mass is 79.9. The summed E-state index contributed by atoms with van der Waals surface area (Å²) in [7, 11) is 0. The lowest BCUT2D eigenvalue weighted by atomic mass is 10.1. The molecular formula is C14H18BrN3O. The van der Waals surface area contributed by atoms with Gasteiger partial charge in [0.15, 0.2) is 0 Å². The van der Waals surface area contributed by atoms with Gasteiger partial charge in [0.25, 0.3) is 0 Å². The van der Waals surface area contributed by atoms with Gasteiger partial charge in [0.2, 0.25) is 0 Å². The van der Waals surface area contributed by atoms with Crippen LogP contribution in [0.5, 0.6) is 5.75 Å². The predicted molar refractivity (Wildman–Crippen MR) is 79.0 cm³/mol. The molecule has 102 valence electrons. The number of ether oxygens (including phenoxy) is 1. The fourth-order valence-electron chi connectivity index (χ4n) is 1.92. The van der Waals surface area contributed by atoms with Crippen molar-refractivity contribution in [2.24, 2.45) is 5.73 Å². The second-order valence-electron chi connectivity index (χ2n) is 4.39. The van der Waals surface area contributed by atoms with Gasteiger partial charge in [-0.25, -0.2) is 4.98 Å². The van der Waals surface area contributed by atoms with Gasteiger partial charge in [0, 0.05) is 35.0 Å². The maximum Gasteiger partial charge on any atom is 0.146 e. The Morgan fingerprint density at radius 1 is 1.47 bits per heavy atom. The number of halogens is 1. The minimum Gasteiger partial charge on any atom is -0.485 e. The van der Waals surface area contributed by atoms with Crippen LogP contribution in [0.3, 0.4) is 0 Å². The first-order chi connectivity index (χ1) is 9.11. The zero-order valence-electron chi connectivity index (χ0n) is 11.1. The van der Waals surface area contributed by atoms with Gasteiger partial charge in [-0.15, -0.1) is 0 Å². The lowest BCUT2D eigenvalue weighted by Gasteiger charge is -2.14. The first-order valence-corrected chi connectivity index (χ1v) is 7.09. The van der Waals surface area contributed by atoms with Crippen molar-refractivity contribution in [3.8, 4) is 5.75 Å². The summed E-state index contributed by atoms with van der Waals surface area (Å²) in [4.78, 5) is 4.29. The molecule has 0 aliphatic carbocycles. The Kier molecular flexibility index (Phi) is 4.61. The summed E-state index contributed by atoms with van der Waals surface area (Å²) in [6.07, 6.45) is 3.74. The van der Waals surface area contributed by atoms with E-state index in [2.05, 4.69) is 32.4 Å². The number of benzene rings is 1. The molecule has 0 bridgehead atoms. The van der Waals surface area contributed by atoms with E-state index in [1.165, 1.54) is 0 Å². The Hall–Kier alpha value is -1.33. The van der Waals surface area contributed by atoms with Crippen LogP contribution < -0.4 is 10.5 Å². The molecule has 0 fully saturated rings. The molecule has 4 nitrogen and oxygen atoms in total. The van der Waals surface area contributed by atoms with Gasteiger partial charge < -0.3 is 15.0 Å². The first kappa shape index (κ1) is 14.1. The van der Waals surface area contributed by atoms with Crippen LogP contribution in [0.1, 0.15) is 31.3 Å². The number of rotatable bonds is 5. The van der Waals surface area contributed by atoms with Crippen LogP contribution in [0.15, 0.2) is 35.1 Å². The zero-order valence-corrected chi connectivity index (χ0v) is 12.7. The normalized spacial score (nSPS) is 12.4. The van der Waals surface area contributed by atoms with Gasteiger partial charge in [-0.1, -0.05) is 15.9 Å².